The maximum atomic E-state index is 12.4. The summed E-state index contributed by atoms with van der Waals surface area (Å²) >= 11 is 3.25. The van der Waals surface area contributed by atoms with Crippen molar-refractivity contribution >= 4 is 34.7 Å². The van der Waals surface area contributed by atoms with E-state index in [9.17, 15) is 4.79 Å². The van der Waals surface area contributed by atoms with E-state index in [0.29, 0.717) is 5.75 Å². The lowest BCUT2D eigenvalue weighted by Crippen LogP contribution is -2.14. The third-order valence-electron chi connectivity index (χ3n) is 5.36. The summed E-state index contributed by atoms with van der Waals surface area (Å²) in [6.07, 6.45) is 3.49. The Labute approximate surface area is 185 Å². The number of carbonyl (C=O) groups excluding carboxylic acids is 1. The number of aromatic nitrogens is 3. The Hall–Kier alpha value is -2.32. The summed E-state index contributed by atoms with van der Waals surface area (Å²) < 4.78 is 7.32. The van der Waals surface area contributed by atoms with Gasteiger partial charge in [0.2, 0.25) is 5.91 Å². The zero-order valence-electron chi connectivity index (χ0n) is 17.5. The van der Waals surface area contributed by atoms with E-state index in [1.165, 1.54) is 34.2 Å². The number of hydrogen-bond acceptors (Lipinski definition) is 6. The number of thiophene rings is 1. The molecule has 0 radical (unpaired) electrons. The van der Waals surface area contributed by atoms with Crippen LogP contribution in [0.5, 0.6) is 5.75 Å². The number of benzene rings is 1. The van der Waals surface area contributed by atoms with Crippen LogP contribution < -0.4 is 10.1 Å². The molecule has 1 N–H and O–H groups in total. The zero-order chi connectivity index (χ0) is 21.1. The largest absolute Gasteiger partial charge is 0.497 e. The molecule has 1 atom stereocenters. The molecule has 2 aromatic heterocycles. The number of fused-ring (bicyclic) bond motifs is 1. The lowest BCUT2D eigenvalue weighted by Gasteiger charge is -2.19. The number of carbonyl (C=O) groups is 1. The third-order valence-corrected chi connectivity index (χ3v) is 7.38. The van der Waals surface area contributed by atoms with Gasteiger partial charge in [0.25, 0.3) is 0 Å². The second-order valence-electron chi connectivity index (χ2n) is 7.52. The van der Waals surface area contributed by atoms with Crippen molar-refractivity contribution in [2.45, 2.75) is 44.8 Å². The smallest absolute Gasteiger partial charge is 0.234 e. The number of nitrogens with zero attached hydrogens (tertiary/aromatic N) is 3. The molecule has 0 saturated heterocycles. The van der Waals surface area contributed by atoms with Gasteiger partial charge in [-0.15, -0.1) is 21.5 Å². The van der Waals surface area contributed by atoms with Gasteiger partial charge in [-0.05, 0) is 49.8 Å². The fraction of sp³-hybridized carbons (Fsp3) is 0.409. The van der Waals surface area contributed by atoms with Gasteiger partial charge in [-0.1, -0.05) is 24.8 Å². The molecule has 3 aromatic rings. The monoisotopic (exact) mass is 442 g/mol. The highest BCUT2D eigenvalue weighted by molar-refractivity contribution is 7.99. The summed E-state index contributed by atoms with van der Waals surface area (Å²) in [5.74, 6) is 2.57. The van der Waals surface area contributed by atoms with Crippen molar-refractivity contribution in [2.75, 3.05) is 18.2 Å². The van der Waals surface area contributed by atoms with Gasteiger partial charge in [-0.2, -0.15) is 0 Å². The average Bonchev–Trinajstić information content (AvgIpc) is 3.35. The molecule has 0 saturated carbocycles. The van der Waals surface area contributed by atoms with Crippen molar-refractivity contribution in [1.82, 2.24) is 14.8 Å². The molecule has 1 amide bonds. The number of rotatable bonds is 7. The molecule has 0 fully saturated rings. The molecule has 1 aliphatic carbocycles. The molecule has 2 heterocycles. The van der Waals surface area contributed by atoms with Crippen LogP contribution in [0.4, 0.5) is 5.69 Å². The number of methoxy groups -OCH3 is 1. The fourth-order valence-corrected chi connectivity index (χ4v) is 5.82. The van der Waals surface area contributed by atoms with Crippen molar-refractivity contribution in [3.8, 4) is 17.1 Å². The lowest BCUT2D eigenvalue weighted by molar-refractivity contribution is -0.113. The summed E-state index contributed by atoms with van der Waals surface area (Å²) in [7, 11) is 1.61. The van der Waals surface area contributed by atoms with Gasteiger partial charge in [0.15, 0.2) is 11.0 Å². The second-order valence-corrected chi connectivity index (χ2v) is 9.43. The molecule has 158 valence electrons. The normalized spacial score (nSPS) is 15.6. The van der Waals surface area contributed by atoms with Crippen LogP contribution in [0.1, 0.15) is 30.7 Å². The van der Waals surface area contributed by atoms with Crippen molar-refractivity contribution in [3.63, 3.8) is 0 Å². The Morgan fingerprint density at radius 2 is 2.27 bits per heavy atom. The average molecular weight is 443 g/mol. The maximum absolute atomic E-state index is 12.4. The number of amides is 1. The number of nitrogens with one attached hydrogen (secondary N) is 1. The number of ether oxygens (including phenoxy) is 1. The maximum Gasteiger partial charge on any atom is 0.234 e. The van der Waals surface area contributed by atoms with E-state index in [1.54, 1.807) is 13.2 Å². The Morgan fingerprint density at radius 3 is 3.07 bits per heavy atom. The predicted octanol–water partition coefficient (Wildman–Crippen LogP) is 4.89. The molecule has 0 bridgehead atoms. The first kappa shape index (κ1) is 20.9. The Morgan fingerprint density at radius 1 is 1.40 bits per heavy atom. The van der Waals surface area contributed by atoms with Gasteiger partial charge in [-0.25, -0.2) is 0 Å². The summed E-state index contributed by atoms with van der Waals surface area (Å²) in [4.78, 5) is 13.9. The summed E-state index contributed by atoms with van der Waals surface area (Å²) in [6.45, 7) is 5.18. The highest BCUT2D eigenvalue weighted by Crippen LogP contribution is 2.38. The first-order chi connectivity index (χ1) is 14.6. The molecular formula is C22H26N4O2S2. The zero-order valence-corrected chi connectivity index (χ0v) is 19.1. The van der Waals surface area contributed by atoms with E-state index >= 15 is 0 Å². The predicted molar refractivity (Wildman–Crippen MR) is 123 cm³/mol. The molecule has 8 heteroatoms. The Kier molecular flexibility index (Phi) is 6.43. The quantitative estimate of drug-likeness (QED) is 0.528. The summed E-state index contributed by atoms with van der Waals surface area (Å²) in [5.41, 5.74) is 3.37. The van der Waals surface area contributed by atoms with Crippen molar-refractivity contribution in [1.29, 1.82) is 0 Å². The van der Waals surface area contributed by atoms with Crippen molar-refractivity contribution < 1.29 is 9.53 Å². The van der Waals surface area contributed by atoms with Gasteiger partial charge in [0.05, 0.1) is 12.9 Å². The Balaban J connectivity index is 1.46. The van der Waals surface area contributed by atoms with Crippen LogP contribution in [0.3, 0.4) is 0 Å². The van der Waals surface area contributed by atoms with Crippen LogP contribution in [0.15, 0.2) is 34.8 Å². The first-order valence-corrected chi connectivity index (χ1v) is 12.0. The molecule has 0 spiro atoms. The SMILES string of the molecule is CCn1c(SCC(=O)Nc2cccc(OC)c2)nnc1-c1csc2c1CCC(C)C2. The molecular weight excluding hydrogens is 416 g/mol. The molecule has 6 nitrogen and oxygen atoms in total. The number of anilines is 1. The van der Waals surface area contributed by atoms with Gasteiger partial charge < -0.3 is 14.6 Å². The van der Waals surface area contributed by atoms with Crippen molar-refractivity contribution in [2.24, 2.45) is 5.92 Å². The first-order valence-electron chi connectivity index (χ1n) is 10.2. The van der Waals surface area contributed by atoms with Crippen molar-refractivity contribution in [3.05, 3.63) is 40.1 Å². The van der Waals surface area contributed by atoms with E-state index in [-0.39, 0.29) is 11.7 Å². The third kappa shape index (κ3) is 4.39. The van der Waals surface area contributed by atoms with Crippen LogP contribution in [0, 0.1) is 5.92 Å². The summed E-state index contributed by atoms with van der Waals surface area (Å²) in [5, 5.41) is 14.8. The van der Waals surface area contributed by atoms with E-state index in [2.05, 4.69) is 39.3 Å². The highest BCUT2D eigenvalue weighted by atomic mass is 32.2. The van der Waals surface area contributed by atoms with Crippen LogP contribution in [-0.4, -0.2) is 33.5 Å². The van der Waals surface area contributed by atoms with Crippen LogP contribution in [-0.2, 0) is 24.2 Å². The van der Waals surface area contributed by atoms with E-state index in [0.717, 1.165) is 42.0 Å². The van der Waals surface area contributed by atoms with Crippen LogP contribution in [0.25, 0.3) is 11.4 Å². The van der Waals surface area contributed by atoms with E-state index < -0.39 is 0 Å². The minimum Gasteiger partial charge on any atom is -0.497 e. The molecule has 30 heavy (non-hydrogen) atoms. The van der Waals surface area contributed by atoms with E-state index in [1.807, 2.05) is 29.5 Å². The van der Waals surface area contributed by atoms with Crippen LogP contribution >= 0.6 is 23.1 Å². The Bertz CT molecular complexity index is 1040. The molecule has 1 unspecified atom stereocenters. The standard InChI is InChI=1S/C22H26N4O2S2/c1-4-26-21(18-12-29-19-10-14(2)8-9-17(18)19)24-25-22(26)30-13-20(27)23-15-6-5-7-16(11-15)28-3/h5-7,11-12,14H,4,8-10,13H2,1-3H3,(H,23,27). The fourth-order valence-electron chi connectivity index (χ4n) is 3.77. The van der Waals surface area contributed by atoms with Gasteiger partial charge >= 0.3 is 0 Å². The second kappa shape index (κ2) is 9.22. The molecule has 4 rings (SSSR count). The van der Waals surface area contributed by atoms with E-state index in [4.69, 9.17) is 4.74 Å². The number of thioether (sulfide) groups is 1. The number of hydrogen-bond donors (Lipinski definition) is 1. The van der Waals surface area contributed by atoms with Gasteiger partial charge in [0, 0.05) is 34.1 Å². The highest BCUT2D eigenvalue weighted by Gasteiger charge is 2.24. The lowest BCUT2D eigenvalue weighted by atomic mass is 9.88. The molecule has 1 aromatic carbocycles. The summed E-state index contributed by atoms with van der Waals surface area (Å²) in [6, 6.07) is 7.34. The van der Waals surface area contributed by atoms with Gasteiger partial charge in [-0.3, -0.25) is 4.79 Å². The minimum atomic E-state index is -0.0812. The molecule has 1 aliphatic rings. The van der Waals surface area contributed by atoms with Gasteiger partial charge in [0.1, 0.15) is 5.75 Å². The topological polar surface area (TPSA) is 69.0 Å². The molecule has 0 aliphatic heterocycles. The minimum absolute atomic E-state index is 0.0812. The van der Waals surface area contributed by atoms with Crippen LogP contribution in [0.2, 0.25) is 0 Å².